The summed E-state index contributed by atoms with van der Waals surface area (Å²) in [6.07, 6.45) is -0.283. The maximum Gasteiger partial charge on any atom is 0.201 e. The number of ether oxygens (including phenoxy) is 2. The molecule has 1 aromatic heterocycles. The van der Waals surface area contributed by atoms with E-state index in [1.165, 1.54) is 0 Å². The van der Waals surface area contributed by atoms with Crippen LogP contribution in [-0.2, 0) is 9.47 Å². The Morgan fingerprint density at radius 1 is 1.00 bits per heavy atom. The number of nitrogens with zero attached hydrogens (tertiary/aromatic N) is 1. The Morgan fingerprint density at radius 3 is 2.67 bits per heavy atom. The monoisotopic (exact) mass is 201 g/mol. The molecule has 0 aliphatic carbocycles. The largest absolute Gasteiger partial charge is 0.345 e. The number of para-hydroxylation sites is 1. The molecule has 3 nitrogen and oxygen atoms in total. The molecule has 76 valence electrons. The highest BCUT2D eigenvalue weighted by molar-refractivity contribution is 5.78. The van der Waals surface area contributed by atoms with Gasteiger partial charge in [-0.15, -0.1) is 0 Å². The van der Waals surface area contributed by atoms with Gasteiger partial charge in [0.1, 0.15) is 0 Å². The average Bonchev–Trinajstić information content (AvgIpc) is 2.82. The number of hydrogen-bond acceptors (Lipinski definition) is 3. The molecule has 0 atom stereocenters. The second kappa shape index (κ2) is 3.61. The molecule has 0 bridgehead atoms. The lowest BCUT2D eigenvalue weighted by Gasteiger charge is -2.08. The second-order valence-electron chi connectivity index (χ2n) is 3.50. The van der Waals surface area contributed by atoms with Crippen molar-refractivity contribution in [3.63, 3.8) is 0 Å². The van der Waals surface area contributed by atoms with Crippen LogP contribution in [0.1, 0.15) is 12.0 Å². The van der Waals surface area contributed by atoms with Gasteiger partial charge in [0.25, 0.3) is 0 Å². The lowest BCUT2D eigenvalue weighted by molar-refractivity contribution is -0.0470. The van der Waals surface area contributed by atoms with E-state index in [0.717, 1.165) is 16.6 Å². The Labute approximate surface area is 87.6 Å². The molecule has 1 aliphatic rings. The Morgan fingerprint density at radius 2 is 1.80 bits per heavy atom. The molecule has 0 N–H and O–H groups in total. The third-order valence-electron chi connectivity index (χ3n) is 2.48. The van der Waals surface area contributed by atoms with E-state index < -0.39 is 0 Å². The van der Waals surface area contributed by atoms with Crippen molar-refractivity contribution in [3.8, 4) is 0 Å². The SMILES string of the molecule is c1ccc2nc(C3OCCO3)ccc2c1. The smallest absolute Gasteiger partial charge is 0.201 e. The molecule has 1 aliphatic heterocycles. The van der Waals surface area contributed by atoms with E-state index in [1.54, 1.807) is 0 Å². The van der Waals surface area contributed by atoms with Gasteiger partial charge in [-0.25, -0.2) is 4.98 Å². The fraction of sp³-hybridized carbons (Fsp3) is 0.250. The van der Waals surface area contributed by atoms with Crippen LogP contribution in [0.5, 0.6) is 0 Å². The zero-order valence-corrected chi connectivity index (χ0v) is 8.22. The van der Waals surface area contributed by atoms with E-state index in [0.29, 0.717) is 13.2 Å². The maximum atomic E-state index is 5.40. The molecule has 3 rings (SSSR count). The number of aromatic nitrogens is 1. The van der Waals surface area contributed by atoms with Gasteiger partial charge in [0.2, 0.25) is 6.29 Å². The van der Waals surface area contributed by atoms with Crippen molar-refractivity contribution < 1.29 is 9.47 Å². The van der Waals surface area contributed by atoms with Crippen LogP contribution in [-0.4, -0.2) is 18.2 Å². The number of pyridine rings is 1. The Hall–Kier alpha value is -1.45. The fourth-order valence-electron chi connectivity index (χ4n) is 1.74. The quantitative estimate of drug-likeness (QED) is 0.709. The average molecular weight is 201 g/mol. The zero-order valence-electron chi connectivity index (χ0n) is 8.22. The first-order valence-electron chi connectivity index (χ1n) is 5.02. The molecule has 1 saturated heterocycles. The van der Waals surface area contributed by atoms with Gasteiger partial charge in [-0.3, -0.25) is 0 Å². The first-order chi connectivity index (χ1) is 7.43. The van der Waals surface area contributed by atoms with Crippen LogP contribution < -0.4 is 0 Å². The summed E-state index contributed by atoms with van der Waals surface area (Å²) in [7, 11) is 0. The van der Waals surface area contributed by atoms with Crippen LogP contribution in [0.15, 0.2) is 36.4 Å². The second-order valence-corrected chi connectivity index (χ2v) is 3.50. The Balaban J connectivity index is 2.05. The molecular weight excluding hydrogens is 190 g/mol. The van der Waals surface area contributed by atoms with Gasteiger partial charge in [0.05, 0.1) is 24.4 Å². The molecule has 3 heteroatoms. The number of hydrogen-bond donors (Lipinski definition) is 0. The van der Waals surface area contributed by atoms with Crippen molar-refractivity contribution >= 4 is 10.9 Å². The molecule has 2 aromatic rings. The van der Waals surface area contributed by atoms with E-state index in [9.17, 15) is 0 Å². The molecule has 2 heterocycles. The topological polar surface area (TPSA) is 31.4 Å². The van der Waals surface area contributed by atoms with Gasteiger partial charge >= 0.3 is 0 Å². The van der Waals surface area contributed by atoms with Crippen molar-refractivity contribution in [3.05, 3.63) is 42.1 Å². The first-order valence-corrected chi connectivity index (χ1v) is 5.02. The lowest BCUT2D eigenvalue weighted by Crippen LogP contribution is -2.00. The Bertz CT molecular complexity index is 478. The summed E-state index contributed by atoms with van der Waals surface area (Å²) >= 11 is 0. The summed E-state index contributed by atoms with van der Waals surface area (Å²) in [5.74, 6) is 0. The van der Waals surface area contributed by atoms with Gasteiger partial charge < -0.3 is 9.47 Å². The lowest BCUT2D eigenvalue weighted by atomic mass is 10.2. The summed E-state index contributed by atoms with van der Waals surface area (Å²) in [5, 5.41) is 1.14. The van der Waals surface area contributed by atoms with E-state index in [2.05, 4.69) is 4.98 Å². The minimum absolute atomic E-state index is 0.283. The third-order valence-corrected chi connectivity index (χ3v) is 2.48. The molecule has 1 fully saturated rings. The van der Waals surface area contributed by atoms with Gasteiger partial charge in [0, 0.05) is 5.39 Å². The number of fused-ring (bicyclic) bond motifs is 1. The molecule has 0 saturated carbocycles. The molecular formula is C12H11NO2. The summed E-state index contributed by atoms with van der Waals surface area (Å²) in [5.41, 5.74) is 1.83. The molecule has 0 amide bonds. The summed E-state index contributed by atoms with van der Waals surface area (Å²) in [6.45, 7) is 1.30. The van der Waals surface area contributed by atoms with E-state index in [-0.39, 0.29) is 6.29 Å². The number of rotatable bonds is 1. The normalized spacial score (nSPS) is 17.3. The van der Waals surface area contributed by atoms with Crippen molar-refractivity contribution in [1.29, 1.82) is 0 Å². The standard InChI is InChI=1S/C12H11NO2/c1-2-4-10-9(3-1)5-6-11(13-10)12-14-7-8-15-12/h1-6,12H,7-8H2. The third kappa shape index (κ3) is 1.60. The summed E-state index contributed by atoms with van der Waals surface area (Å²) < 4.78 is 10.8. The van der Waals surface area contributed by atoms with Crippen LogP contribution in [0.3, 0.4) is 0 Å². The van der Waals surface area contributed by atoms with Crippen LogP contribution >= 0.6 is 0 Å². The predicted octanol–water partition coefficient (Wildman–Crippen LogP) is 2.28. The van der Waals surface area contributed by atoms with E-state index in [1.807, 2.05) is 36.4 Å². The maximum absolute atomic E-state index is 5.40. The van der Waals surface area contributed by atoms with Crippen molar-refractivity contribution in [2.24, 2.45) is 0 Å². The van der Waals surface area contributed by atoms with Gasteiger partial charge in [0.15, 0.2) is 0 Å². The number of benzene rings is 1. The van der Waals surface area contributed by atoms with Gasteiger partial charge in [-0.05, 0) is 12.1 Å². The highest BCUT2D eigenvalue weighted by Crippen LogP contribution is 2.23. The molecule has 0 spiro atoms. The zero-order chi connectivity index (χ0) is 10.1. The molecule has 1 aromatic carbocycles. The fourth-order valence-corrected chi connectivity index (χ4v) is 1.74. The van der Waals surface area contributed by atoms with E-state index >= 15 is 0 Å². The molecule has 0 unspecified atom stereocenters. The van der Waals surface area contributed by atoms with E-state index in [4.69, 9.17) is 9.47 Å². The highest BCUT2D eigenvalue weighted by atomic mass is 16.7. The predicted molar refractivity (Wildman–Crippen MR) is 56.4 cm³/mol. The summed E-state index contributed by atoms with van der Waals surface area (Å²) in [4.78, 5) is 4.51. The van der Waals surface area contributed by atoms with Crippen LogP contribution in [0.2, 0.25) is 0 Å². The minimum atomic E-state index is -0.283. The van der Waals surface area contributed by atoms with Gasteiger partial charge in [-0.1, -0.05) is 24.3 Å². The van der Waals surface area contributed by atoms with Gasteiger partial charge in [-0.2, -0.15) is 0 Å². The van der Waals surface area contributed by atoms with Crippen LogP contribution in [0, 0.1) is 0 Å². The highest BCUT2D eigenvalue weighted by Gasteiger charge is 2.19. The first kappa shape index (κ1) is 8.83. The van der Waals surface area contributed by atoms with Crippen molar-refractivity contribution in [2.75, 3.05) is 13.2 Å². The summed E-state index contributed by atoms with van der Waals surface area (Å²) in [6, 6.07) is 12.0. The van der Waals surface area contributed by atoms with Crippen LogP contribution in [0.4, 0.5) is 0 Å². The minimum Gasteiger partial charge on any atom is -0.345 e. The molecule has 0 radical (unpaired) electrons. The van der Waals surface area contributed by atoms with Crippen molar-refractivity contribution in [1.82, 2.24) is 4.98 Å². The van der Waals surface area contributed by atoms with Crippen LogP contribution in [0.25, 0.3) is 10.9 Å². The van der Waals surface area contributed by atoms with Crippen molar-refractivity contribution in [2.45, 2.75) is 6.29 Å². The Kier molecular flexibility index (Phi) is 2.12. The molecule has 15 heavy (non-hydrogen) atoms.